The van der Waals surface area contributed by atoms with Gasteiger partial charge in [-0.05, 0) is 6.42 Å². The van der Waals surface area contributed by atoms with Crippen LogP contribution in [0.5, 0.6) is 0 Å². The summed E-state index contributed by atoms with van der Waals surface area (Å²) in [5, 5.41) is 15.9. The summed E-state index contributed by atoms with van der Waals surface area (Å²) in [5.41, 5.74) is 1.09. The zero-order valence-corrected chi connectivity index (χ0v) is 13.6. The van der Waals surface area contributed by atoms with Gasteiger partial charge in [0.05, 0.1) is 12.8 Å². The van der Waals surface area contributed by atoms with Crippen molar-refractivity contribution in [1.82, 2.24) is 15.5 Å². The first-order valence-corrected chi connectivity index (χ1v) is 8.00. The fraction of sp³-hybridized carbons (Fsp3) is 0.267. The van der Waals surface area contributed by atoms with Crippen LogP contribution in [0.15, 0.2) is 40.4 Å². The number of rotatable bonds is 7. The maximum Gasteiger partial charge on any atom is 0.273 e. The van der Waals surface area contributed by atoms with Crippen LogP contribution in [-0.4, -0.2) is 34.6 Å². The predicted octanol–water partition coefficient (Wildman–Crippen LogP) is 1.62. The SMILES string of the molecule is CCCN=C/C(=N\N)C(=O)NCc1nnc(-c2ccccc2)s1. The Morgan fingerprint density at radius 1 is 1.35 bits per heavy atom. The molecule has 0 saturated heterocycles. The van der Waals surface area contributed by atoms with Crippen LogP contribution in [0, 0.1) is 0 Å². The predicted molar refractivity (Wildman–Crippen MR) is 92.5 cm³/mol. The van der Waals surface area contributed by atoms with Crippen molar-refractivity contribution < 1.29 is 4.79 Å². The Morgan fingerprint density at radius 2 is 2.13 bits per heavy atom. The third kappa shape index (κ3) is 4.96. The molecule has 7 nitrogen and oxygen atoms in total. The maximum absolute atomic E-state index is 12.0. The average molecular weight is 330 g/mol. The molecule has 3 N–H and O–H groups in total. The van der Waals surface area contributed by atoms with Gasteiger partial charge in [0, 0.05) is 12.1 Å². The van der Waals surface area contributed by atoms with Gasteiger partial charge in [0.25, 0.3) is 5.91 Å². The summed E-state index contributed by atoms with van der Waals surface area (Å²) in [4.78, 5) is 16.0. The molecule has 0 radical (unpaired) electrons. The largest absolute Gasteiger partial charge is 0.344 e. The van der Waals surface area contributed by atoms with Crippen LogP contribution in [0.2, 0.25) is 0 Å². The quantitative estimate of drug-likeness (QED) is 0.457. The van der Waals surface area contributed by atoms with Gasteiger partial charge in [-0.3, -0.25) is 9.79 Å². The molecule has 0 bridgehead atoms. The first kappa shape index (κ1) is 16.8. The standard InChI is InChI=1S/C15H18N6OS/c1-2-8-17-9-12(19-16)14(22)18-10-13-20-21-15(23-13)11-6-4-3-5-7-11/h3-7,9H,2,8,10,16H2,1H3,(H,18,22)/b17-9?,19-12+. The summed E-state index contributed by atoms with van der Waals surface area (Å²) < 4.78 is 0. The van der Waals surface area contributed by atoms with Crippen LogP contribution in [0.1, 0.15) is 18.4 Å². The zero-order chi connectivity index (χ0) is 16.5. The molecule has 120 valence electrons. The monoisotopic (exact) mass is 330 g/mol. The van der Waals surface area contributed by atoms with Crippen molar-refractivity contribution >= 4 is 29.2 Å². The summed E-state index contributed by atoms with van der Waals surface area (Å²) >= 11 is 1.43. The number of nitrogens with zero attached hydrogens (tertiary/aromatic N) is 4. The fourth-order valence-corrected chi connectivity index (χ4v) is 2.48. The molecule has 0 unspecified atom stereocenters. The molecule has 0 fully saturated rings. The van der Waals surface area contributed by atoms with Gasteiger partial charge in [0.15, 0.2) is 5.71 Å². The number of hydrogen-bond donors (Lipinski definition) is 2. The summed E-state index contributed by atoms with van der Waals surface area (Å²) in [5.74, 6) is 4.83. The number of amides is 1. The van der Waals surface area contributed by atoms with Crippen LogP contribution in [0.25, 0.3) is 10.6 Å². The van der Waals surface area contributed by atoms with Crippen LogP contribution >= 0.6 is 11.3 Å². The molecule has 1 aromatic heterocycles. The molecule has 0 spiro atoms. The van der Waals surface area contributed by atoms with E-state index in [-0.39, 0.29) is 18.2 Å². The van der Waals surface area contributed by atoms with Crippen molar-refractivity contribution in [2.45, 2.75) is 19.9 Å². The van der Waals surface area contributed by atoms with Crippen molar-refractivity contribution in [3.8, 4) is 10.6 Å². The van der Waals surface area contributed by atoms with E-state index in [0.29, 0.717) is 11.6 Å². The molecule has 0 atom stereocenters. The average Bonchev–Trinajstić information content (AvgIpc) is 3.06. The van der Waals surface area contributed by atoms with E-state index < -0.39 is 0 Å². The van der Waals surface area contributed by atoms with Gasteiger partial charge in [-0.25, -0.2) is 0 Å². The number of hydrazone groups is 1. The van der Waals surface area contributed by atoms with Crippen molar-refractivity contribution in [2.75, 3.05) is 6.54 Å². The minimum Gasteiger partial charge on any atom is -0.344 e. The second-order valence-electron chi connectivity index (χ2n) is 4.60. The maximum atomic E-state index is 12.0. The van der Waals surface area contributed by atoms with E-state index in [1.165, 1.54) is 17.6 Å². The lowest BCUT2D eigenvalue weighted by molar-refractivity contribution is -0.114. The van der Waals surface area contributed by atoms with E-state index >= 15 is 0 Å². The number of carbonyl (C=O) groups is 1. The van der Waals surface area contributed by atoms with Crippen LogP contribution in [-0.2, 0) is 11.3 Å². The second-order valence-corrected chi connectivity index (χ2v) is 5.66. The van der Waals surface area contributed by atoms with Gasteiger partial charge in [-0.2, -0.15) is 5.10 Å². The van der Waals surface area contributed by atoms with E-state index in [4.69, 9.17) is 5.84 Å². The molecule has 0 saturated carbocycles. The fourth-order valence-electron chi connectivity index (χ4n) is 1.70. The molecular weight excluding hydrogens is 312 g/mol. The van der Waals surface area contributed by atoms with E-state index in [1.54, 1.807) is 0 Å². The highest BCUT2D eigenvalue weighted by atomic mass is 32.1. The van der Waals surface area contributed by atoms with Crippen molar-refractivity contribution in [2.24, 2.45) is 15.9 Å². The smallest absolute Gasteiger partial charge is 0.273 e. The summed E-state index contributed by atoms with van der Waals surface area (Å²) in [6.45, 7) is 2.89. The summed E-state index contributed by atoms with van der Waals surface area (Å²) in [6, 6.07) is 9.76. The number of aromatic nitrogens is 2. The molecule has 1 heterocycles. The topological polar surface area (TPSA) is 106 Å². The molecule has 0 aliphatic carbocycles. The highest BCUT2D eigenvalue weighted by Crippen LogP contribution is 2.22. The van der Waals surface area contributed by atoms with Crippen LogP contribution in [0.4, 0.5) is 0 Å². The third-order valence-corrected chi connectivity index (χ3v) is 3.80. The van der Waals surface area contributed by atoms with Gasteiger partial charge >= 0.3 is 0 Å². The van der Waals surface area contributed by atoms with Crippen LogP contribution in [0.3, 0.4) is 0 Å². The molecule has 2 rings (SSSR count). The Labute approximate surface area is 138 Å². The highest BCUT2D eigenvalue weighted by Gasteiger charge is 2.11. The second kappa shape index (κ2) is 8.74. The number of aliphatic imine (C=N–C) groups is 1. The van der Waals surface area contributed by atoms with E-state index in [9.17, 15) is 4.79 Å². The van der Waals surface area contributed by atoms with Crippen molar-refractivity contribution in [3.05, 3.63) is 35.3 Å². The lowest BCUT2D eigenvalue weighted by atomic mass is 10.2. The molecule has 8 heteroatoms. The third-order valence-electron chi connectivity index (χ3n) is 2.83. The normalized spacial score (nSPS) is 11.8. The summed E-state index contributed by atoms with van der Waals surface area (Å²) in [7, 11) is 0. The molecule has 23 heavy (non-hydrogen) atoms. The minimum absolute atomic E-state index is 0.0891. The van der Waals surface area contributed by atoms with Gasteiger partial charge in [-0.15, -0.1) is 10.2 Å². The number of hydrogen-bond acceptors (Lipinski definition) is 7. The van der Waals surface area contributed by atoms with Gasteiger partial charge in [-0.1, -0.05) is 48.6 Å². The summed E-state index contributed by atoms with van der Waals surface area (Å²) in [6.07, 6.45) is 2.28. The first-order valence-electron chi connectivity index (χ1n) is 7.18. The Hall–Kier alpha value is -2.61. The lowest BCUT2D eigenvalue weighted by Gasteiger charge is -2.01. The lowest BCUT2D eigenvalue weighted by Crippen LogP contribution is -2.32. The molecule has 1 aromatic carbocycles. The van der Waals surface area contributed by atoms with E-state index in [1.807, 2.05) is 37.3 Å². The number of benzene rings is 1. The number of nitrogens with two attached hydrogens (primary N) is 1. The molecule has 2 aromatic rings. The van der Waals surface area contributed by atoms with Crippen LogP contribution < -0.4 is 11.2 Å². The number of nitrogens with one attached hydrogen (secondary N) is 1. The Kier molecular flexibility index (Phi) is 6.37. The minimum atomic E-state index is -0.385. The zero-order valence-electron chi connectivity index (χ0n) is 12.8. The Balaban J connectivity index is 1.93. The number of carbonyl (C=O) groups excluding carboxylic acids is 1. The van der Waals surface area contributed by atoms with Gasteiger partial charge in [0.1, 0.15) is 10.0 Å². The molecule has 1 amide bonds. The molecule has 0 aliphatic heterocycles. The molecular formula is C15H18N6OS. The van der Waals surface area contributed by atoms with Crippen molar-refractivity contribution in [1.29, 1.82) is 0 Å². The van der Waals surface area contributed by atoms with Crippen molar-refractivity contribution in [3.63, 3.8) is 0 Å². The Bertz CT molecular complexity index is 695. The Morgan fingerprint density at radius 3 is 2.83 bits per heavy atom. The van der Waals surface area contributed by atoms with E-state index in [0.717, 1.165) is 17.0 Å². The van der Waals surface area contributed by atoms with Gasteiger partial charge in [0.2, 0.25) is 0 Å². The van der Waals surface area contributed by atoms with Gasteiger partial charge < -0.3 is 11.2 Å². The molecule has 0 aliphatic rings. The first-order chi connectivity index (χ1) is 11.2. The van der Waals surface area contributed by atoms with E-state index in [2.05, 4.69) is 25.6 Å². The highest BCUT2D eigenvalue weighted by molar-refractivity contribution is 7.14.